The first-order chi connectivity index (χ1) is 9.43. The van der Waals surface area contributed by atoms with Gasteiger partial charge in [-0.25, -0.2) is 0 Å². The van der Waals surface area contributed by atoms with Gasteiger partial charge in [-0.2, -0.15) is 0 Å². The number of carboxylic acid groups (broad SMARTS) is 2. The average Bonchev–Trinajstić information content (AvgIpc) is 2.40. The number of hydrogen-bond acceptors (Lipinski definition) is 6. The molecule has 108 valence electrons. The van der Waals surface area contributed by atoms with Crippen molar-refractivity contribution in [2.75, 3.05) is 0 Å². The van der Waals surface area contributed by atoms with Gasteiger partial charge in [-0.1, -0.05) is 24.3 Å². The fourth-order valence-electron chi connectivity index (χ4n) is 1.29. The average molecular weight is 483 g/mol. The van der Waals surface area contributed by atoms with Gasteiger partial charge in [-0.15, -0.1) is 0 Å². The van der Waals surface area contributed by atoms with Gasteiger partial charge >= 0.3 is 27.3 Å². The maximum atomic E-state index is 10.2. The van der Waals surface area contributed by atoms with Crippen molar-refractivity contribution in [2.45, 2.75) is 0 Å². The molecule has 6 nitrogen and oxygen atoms in total. The molecule has 2 rings (SSSR count). The van der Waals surface area contributed by atoms with Crippen molar-refractivity contribution in [2.24, 2.45) is 0 Å². The molecule has 0 fully saturated rings. The summed E-state index contributed by atoms with van der Waals surface area (Å²) in [5, 5.41) is 38.0. The van der Waals surface area contributed by atoms with Gasteiger partial charge in [0.25, 0.3) is 0 Å². The molecule has 0 aliphatic carbocycles. The van der Waals surface area contributed by atoms with Crippen molar-refractivity contribution < 1.29 is 30.0 Å². The van der Waals surface area contributed by atoms with Crippen LogP contribution in [-0.2, 0) is 0 Å². The predicted molar refractivity (Wildman–Crippen MR) is 73.4 cm³/mol. The van der Waals surface area contributed by atoms with E-state index in [1.54, 1.807) is 12.1 Å². The minimum atomic E-state index is -1.36. The number of aromatic carboxylic acids is 2. The van der Waals surface area contributed by atoms with Crippen LogP contribution in [0.5, 0.6) is 11.5 Å². The van der Waals surface area contributed by atoms with E-state index in [1.165, 1.54) is 36.4 Å². The summed E-state index contributed by atoms with van der Waals surface area (Å²) < 4.78 is 0. The van der Waals surface area contributed by atoms with Gasteiger partial charge in [0.2, 0.25) is 0 Å². The number of para-hydroxylation sites is 2. The Morgan fingerprint density at radius 2 is 1.00 bits per heavy atom. The number of rotatable bonds is 2. The van der Waals surface area contributed by atoms with Crippen molar-refractivity contribution in [3.05, 3.63) is 59.7 Å². The van der Waals surface area contributed by atoms with Crippen molar-refractivity contribution in [1.82, 2.24) is 0 Å². The quantitative estimate of drug-likeness (QED) is 0.507. The molecule has 0 saturated heterocycles. The van der Waals surface area contributed by atoms with Crippen molar-refractivity contribution in [3.8, 4) is 11.5 Å². The third-order valence-electron chi connectivity index (χ3n) is 2.25. The van der Waals surface area contributed by atoms with E-state index in [-0.39, 0.29) is 49.9 Å². The molecule has 0 aliphatic heterocycles. The van der Waals surface area contributed by atoms with Crippen LogP contribution in [0.4, 0.5) is 0 Å². The van der Waals surface area contributed by atoms with Crippen LogP contribution in [0.15, 0.2) is 48.5 Å². The van der Waals surface area contributed by atoms with Crippen molar-refractivity contribution in [1.29, 1.82) is 0 Å². The summed E-state index contributed by atoms with van der Waals surface area (Å²) in [7, 11) is 0. The standard InChI is InChI=1S/2C7H6O3.Pb.2H/c2*8-6-4-2-1-3-5(6)7(9)10;;;/h2*1-4,8H,(H,9,10);;;/q;;+2;;/p-2. The summed E-state index contributed by atoms with van der Waals surface area (Å²) in [6.45, 7) is 0. The summed E-state index contributed by atoms with van der Waals surface area (Å²) in [6.07, 6.45) is 0. The third kappa shape index (κ3) is 5.81. The van der Waals surface area contributed by atoms with Crippen LogP contribution < -0.4 is 10.2 Å². The van der Waals surface area contributed by atoms with Crippen LogP contribution in [0.2, 0.25) is 0 Å². The SMILES string of the molecule is O=C([O-])c1ccccc1O.O=C([O-])c1ccccc1O.[PbH2+2]. The van der Waals surface area contributed by atoms with Crippen LogP contribution in [0.3, 0.4) is 0 Å². The second kappa shape index (κ2) is 8.95. The fourth-order valence-corrected chi connectivity index (χ4v) is 1.29. The topological polar surface area (TPSA) is 121 Å². The van der Waals surface area contributed by atoms with Crippen LogP contribution in [0.1, 0.15) is 20.7 Å². The first-order valence-corrected chi connectivity index (χ1v) is 5.42. The zero-order valence-electron chi connectivity index (χ0n) is 10.9. The summed E-state index contributed by atoms with van der Waals surface area (Å²) in [4.78, 5) is 20.3. The van der Waals surface area contributed by atoms with Crippen molar-refractivity contribution in [3.63, 3.8) is 0 Å². The van der Waals surface area contributed by atoms with Gasteiger partial charge in [0.05, 0.1) is 11.9 Å². The molecule has 0 bridgehead atoms. The van der Waals surface area contributed by atoms with Crippen LogP contribution in [0, 0.1) is 0 Å². The minimum absolute atomic E-state index is 0. The van der Waals surface area contributed by atoms with Crippen molar-refractivity contribution >= 4 is 39.2 Å². The van der Waals surface area contributed by atoms with E-state index >= 15 is 0 Å². The van der Waals surface area contributed by atoms with Gasteiger partial charge in [0, 0.05) is 11.1 Å². The fraction of sp³-hybridized carbons (Fsp3) is 0. The molecule has 21 heavy (non-hydrogen) atoms. The molecule has 0 radical (unpaired) electrons. The number of carbonyl (C=O) groups excluding carboxylic acids is 2. The first-order valence-electron chi connectivity index (χ1n) is 5.42. The van der Waals surface area contributed by atoms with Crippen LogP contribution in [0.25, 0.3) is 0 Å². The molecule has 2 aromatic carbocycles. The second-order valence-electron chi connectivity index (χ2n) is 3.61. The Hall–Kier alpha value is -2.10. The van der Waals surface area contributed by atoms with Gasteiger partial charge in [-0.05, 0) is 24.3 Å². The van der Waals surface area contributed by atoms with Crippen LogP contribution in [-0.4, -0.2) is 49.5 Å². The second-order valence-corrected chi connectivity index (χ2v) is 3.61. The number of phenols is 2. The molecule has 7 heteroatoms. The monoisotopic (exact) mass is 484 g/mol. The molecule has 0 heterocycles. The first kappa shape index (κ1) is 18.9. The molecule has 2 aromatic rings. The molecule has 0 saturated carbocycles. The zero-order valence-corrected chi connectivity index (χ0v) is 16.4. The van der Waals surface area contributed by atoms with E-state index in [9.17, 15) is 19.8 Å². The van der Waals surface area contributed by atoms with E-state index in [1.807, 2.05) is 0 Å². The summed E-state index contributed by atoms with van der Waals surface area (Å²) >= 11 is 0. The third-order valence-corrected chi connectivity index (χ3v) is 2.25. The van der Waals surface area contributed by atoms with Crippen LogP contribution >= 0.6 is 0 Å². The molecule has 0 unspecified atom stereocenters. The number of benzene rings is 2. The van der Waals surface area contributed by atoms with E-state index in [0.717, 1.165) is 0 Å². The molecule has 0 amide bonds. The Balaban J connectivity index is 0.000000364. The van der Waals surface area contributed by atoms with Gasteiger partial charge < -0.3 is 30.0 Å². The number of carbonyl (C=O) groups is 2. The summed E-state index contributed by atoms with van der Waals surface area (Å²) in [5.41, 5.74) is -0.356. The van der Waals surface area contributed by atoms with E-state index in [4.69, 9.17) is 10.2 Å². The van der Waals surface area contributed by atoms with E-state index < -0.39 is 11.9 Å². The molecule has 0 spiro atoms. The van der Waals surface area contributed by atoms with Gasteiger partial charge in [0.1, 0.15) is 11.5 Å². The Kier molecular flexibility index (Phi) is 8.06. The predicted octanol–water partition coefficient (Wildman–Crippen LogP) is -1.40. The molecule has 0 aromatic heterocycles. The summed E-state index contributed by atoms with van der Waals surface area (Å²) in [6, 6.07) is 11.3. The Bertz CT molecular complexity index is 571. The Labute approximate surface area is 140 Å². The molecule has 2 N–H and O–H groups in total. The number of hydrogen-bond donors (Lipinski definition) is 2. The number of aromatic hydroxyl groups is 2. The van der Waals surface area contributed by atoms with Gasteiger partial charge in [-0.3, -0.25) is 0 Å². The molecule has 0 atom stereocenters. The Morgan fingerprint density at radius 1 is 0.714 bits per heavy atom. The van der Waals surface area contributed by atoms with E-state index in [0.29, 0.717) is 0 Å². The maximum absolute atomic E-state index is 10.2. The Morgan fingerprint density at radius 3 is 1.19 bits per heavy atom. The molecular formula is C14H12O6Pb. The summed E-state index contributed by atoms with van der Waals surface area (Å²) in [5.74, 6) is -3.25. The van der Waals surface area contributed by atoms with E-state index in [2.05, 4.69) is 0 Å². The zero-order chi connectivity index (χ0) is 15.1. The molecule has 0 aliphatic rings. The number of carboxylic acids is 2. The normalized spacial score (nSPS) is 8.76. The molecular weight excluding hydrogens is 471 g/mol. The van der Waals surface area contributed by atoms with Gasteiger partial charge in [0.15, 0.2) is 0 Å².